The summed E-state index contributed by atoms with van der Waals surface area (Å²) in [7, 11) is 1.89. The van der Waals surface area contributed by atoms with Crippen molar-refractivity contribution >= 4 is 39.3 Å². The van der Waals surface area contributed by atoms with Crippen molar-refractivity contribution in [3.63, 3.8) is 0 Å². The zero-order valence-corrected chi connectivity index (χ0v) is 18.4. The van der Waals surface area contributed by atoms with Gasteiger partial charge in [-0.25, -0.2) is 4.98 Å². The molecule has 1 saturated heterocycles. The first-order chi connectivity index (χ1) is 14.5. The standard InChI is InChI=1S/C21H31N7OS/c1-27-21(28-11-6-9-15(22)10-12-28)16(13-24-27)25-19(29)17-18(23)30-20(26-17)14-7-4-2-3-5-8-14/h7,13,15H,2-6,8-12,22-23H2,1H3,(H,25,29). The predicted octanol–water partition coefficient (Wildman–Crippen LogP) is 3.38. The summed E-state index contributed by atoms with van der Waals surface area (Å²) >= 11 is 1.40. The Hall–Kier alpha value is -2.39. The zero-order valence-electron chi connectivity index (χ0n) is 17.6. The summed E-state index contributed by atoms with van der Waals surface area (Å²) < 4.78 is 1.80. The summed E-state index contributed by atoms with van der Waals surface area (Å²) in [6.45, 7) is 1.74. The second-order valence-electron chi connectivity index (χ2n) is 8.20. The lowest BCUT2D eigenvalue weighted by molar-refractivity contribution is 0.102. The van der Waals surface area contributed by atoms with E-state index in [9.17, 15) is 4.79 Å². The molecule has 0 bridgehead atoms. The van der Waals surface area contributed by atoms with Crippen LogP contribution >= 0.6 is 11.3 Å². The first kappa shape index (κ1) is 20.9. The molecule has 1 aliphatic carbocycles. The molecule has 2 aliphatic rings. The topological polar surface area (TPSA) is 115 Å². The van der Waals surface area contributed by atoms with Crippen molar-refractivity contribution in [1.82, 2.24) is 14.8 Å². The first-order valence-electron chi connectivity index (χ1n) is 10.8. The quantitative estimate of drug-likeness (QED) is 0.686. The number of carbonyl (C=O) groups excluding carboxylic acids is 1. The van der Waals surface area contributed by atoms with Crippen LogP contribution < -0.4 is 21.7 Å². The molecule has 2 aromatic rings. The molecule has 0 aromatic carbocycles. The van der Waals surface area contributed by atoms with Gasteiger partial charge in [-0.05, 0) is 50.5 Å². The smallest absolute Gasteiger partial charge is 0.277 e. The van der Waals surface area contributed by atoms with Gasteiger partial charge in [0.05, 0.1) is 6.20 Å². The molecule has 1 atom stereocenters. The van der Waals surface area contributed by atoms with Gasteiger partial charge in [-0.2, -0.15) is 5.10 Å². The Balaban J connectivity index is 1.53. The fourth-order valence-corrected chi connectivity index (χ4v) is 5.15. The van der Waals surface area contributed by atoms with E-state index < -0.39 is 0 Å². The fraction of sp³-hybridized carbons (Fsp3) is 0.571. The average molecular weight is 430 g/mol. The van der Waals surface area contributed by atoms with E-state index in [1.54, 1.807) is 10.9 Å². The van der Waals surface area contributed by atoms with Crippen molar-refractivity contribution in [3.8, 4) is 0 Å². The van der Waals surface area contributed by atoms with Crippen LogP contribution in [-0.2, 0) is 7.05 Å². The van der Waals surface area contributed by atoms with Crippen LogP contribution in [0.1, 0.15) is 66.9 Å². The Kier molecular flexibility index (Phi) is 6.38. The highest BCUT2D eigenvalue weighted by molar-refractivity contribution is 7.17. The molecular formula is C21H31N7OS. The van der Waals surface area contributed by atoms with Gasteiger partial charge in [0.1, 0.15) is 15.7 Å². The molecule has 3 heterocycles. The van der Waals surface area contributed by atoms with Crippen molar-refractivity contribution in [2.45, 2.75) is 57.4 Å². The van der Waals surface area contributed by atoms with Gasteiger partial charge in [0.2, 0.25) is 0 Å². The first-order valence-corrected chi connectivity index (χ1v) is 11.6. The number of aromatic nitrogens is 3. The number of aryl methyl sites for hydroxylation is 1. The number of rotatable bonds is 4. The maximum Gasteiger partial charge on any atom is 0.277 e. The van der Waals surface area contributed by atoms with Crippen LogP contribution in [0.3, 0.4) is 0 Å². The largest absolute Gasteiger partial charge is 0.389 e. The van der Waals surface area contributed by atoms with Crippen molar-refractivity contribution in [2.24, 2.45) is 12.8 Å². The van der Waals surface area contributed by atoms with Crippen LogP contribution in [0, 0.1) is 0 Å². The second-order valence-corrected chi connectivity index (χ2v) is 9.23. The minimum Gasteiger partial charge on any atom is -0.389 e. The SMILES string of the molecule is Cn1ncc(NC(=O)c2nc(C3=CCCCCC3)sc2N)c1N1CCCC(N)CC1. The van der Waals surface area contributed by atoms with Gasteiger partial charge < -0.3 is 21.7 Å². The van der Waals surface area contributed by atoms with Gasteiger partial charge in [0, 0.05) is 26.2 Å². The number of carbonyl (C=O) groups is 1. The third-order valence-electron chi connectivity index (χ3n) is 5.91. The summed E-state index contributed by atoms with van der Waals surface area (Å²) in [6.07, 6.45) is 12.6. The molecule has 0 radical (unpaired) electrons. The number of nitrogens with one attached hydrogen (secondary N) is 1. The number of allylic oxidation sites excluding steroid dienone is 2. The second kappa shape index (κ2) is 9.18. The number of hydrogen-bond acceptors (Lipinski definition) is 7. The number of nitrogens with two attached hydrogens (primary N) is 2. The monoisotopic (exact) mass is 429 g/mol. The molecule has 9 heteroatoms. The molecule has 1 unspecified atom stereocenters. The van der Waals surface area contributed by atoms with Crippen LogP contribution in [-0.4, -0.2) is 39.8 Å². The Morgan fingerprint density at radius 2 is 2.10 bits per heavy atom. The number of hydrogen-bond donors (Lipinski definition) is 3. The van der Waals surface area contributed by atoms with E-state index in [0.29, 0.717) is 16.4 Å². The number of amides is 1. The Labute approximate surface area is 181 Å². The van der Waals surface area contributed by atoms with Crippen molar-refractivity contribution in [3.05, 3.63) is 23.0 Å². The molecule has 30 heavy (non-hydrogen) atoms. The van der Waals surface area contributed by atoms with Gasteiger partial charge in [-0.15, -0.1) is 0 Å². The third kappa shape index (κ3) is 4.52. The van der Waals surface area contributed by atoms with Gasteiger partial charge in [-0.3, -0.25) is 9.48 Å². The van der Waals surface area contributed by atoms with Crippen molar-refractivity contribution < 1.29 is 4.79 Å². The van der Waals surface area contributed by atoms with Crippen LogP contribution in [0.4, 0.5) is 16.5 Å². The molecule has 162 valence electrons. The number of anilines is 3. The lowest BCUT2D eigenvalue weighted by Crippen LogP contribution is -2.29. The molecule has 1 aliphatic heterocycles. The van der Waals surface area contributed by atoms with Crippen molar-refractivity contribution in [1.29, 1.82) is 0 Å². The Morgan fingerprint density at radius 3 is 2.97 bits per heavy atom. The summed E-state index contributed by atoms with van der Waals surface area (Å²) in [4.78, 5) is 19.9. The van der Waals surface area contributed by atoms with Gasteiger partial charge in [-0.1, -0.05) is 23.8 Å². The fourth-order valence-electron chi connectivity index (χ4n) is 4.25. The van der Waals surface area contributed by atoms with E-state index in [1.165, 1.54) is 29.8 Å². The zero-order chi connectivity index (χ0) is 21.1. The van der Waals surface area contributed by atoms with E-state index in [4.69, 9.17) is 11.5 Å². The molecule has 5 N–H and O–H groups in total. The molecular weight excluding hydrogens is 398 g/mol. The van der Waals surface area contributed by atoms with Crippen LogP contribution in [0.25, 0.3) is 5.57 Å². The van der Waals surface area contributed by atoms with E-state index in [1.807, 2.05) is 7.05 Å². The van der Waals surface area contributed by atoms with Crippen LogP contribution in [0.2, 0.25) is 0 Å². The van der Waals surface area contributed by atoms with Crippen LogP contribution in [0.5, 0.6) is 0 Å². The minimum atomic E-state index is -0.287. The van der Waals surface area contributed by atoms with Gasteiger partial charge in [0.15, 0.2) is 11.5 Å². The molecule has 1 fully saturated rings. The number of nitrogen functional groups attached to an aromatic ring is 1. The van der Waals surface area contributed by atoms with E-state index in [-0.39, 0.29) is 11.9 Å². The lowest BCUT2D eigenvalue weighted by Gasteiger charge is -2.24. The molecule has 8 nitrogen and oxygen atoms in total. The highest BCUT2D eigenvalue weighted by Crippen LogP contribution is 2.33. The third-order valence-corrected chi connectivity index (χ3v) is 6.87. The summed E-state index contributed by atoms with van der Waals surface area (Å²) in [5, 5.41) is 8.69. The summed E-state index contributed by atoms with van der Waals surface area (Å²) in [5.41, 5.74) is 14.5. The van der Waals surface area contributed by atoms with E-state index >= 15 is 0 Å². The molecule has 1 amide bonds. The Morgan fingerprint density at radius 1 is 1.23 bits per heavy atom. The van der Waals surface area contributed by atoms with Crippen molar-refractivity contribution in [2.75, 3.05) is 29.0 Å². The predicted molar refractivity (Wildman–Crippen MR) is 123 cm³/mol. The lowest BCUT2D eigenvalue weighted by atomic mass is 10.1. The molecule has 4 rings (SSSR count). The minimum absolute atomic E-state index is 0.229. The molecule has 0 saturated carbocycles. The van der Waals surface area contributed by atoms with E-state index in [2.05, 4.69) is 26.4 Å². The van der Waals surface area contributed by atoms with E-state index in [0.717, 1.165) is 62.4 Å². The van der Waals surface area contributed by atoms with Gasteiger partial charge in [0.25, 0.3) is 5.91 Å². The highest BCUT2D eigenvalue weighted by atomic mass is 32.1. The maximum atomic E-state index is 13.0. The number of nitrogens with zero attached hydrogens (tertiary/aromatic N) is 4. The number of thiazole rings is 1. The summed E-state index contributed by atoms with van der Waals surface area (Å²) in [6, 6.07) is 0.229. The average Bonchev–Trinajstić information content (AvgIpc) is 3.06. The normalized spacial score (nSPS) is 20.4. The van der Waals surface area contributed by atoms with Crippen LogP contribution in [0.15, 0.2) is 12.3 Å². The Bertz CT molecular complexity index is 932. The molecule has 0 spiro atoms. The summed E-state index contributed by atoms with van der Waals surface area (Å²) in [5.74, 6) is 0.614. The maximum absolute atomic E-state index is 13.0. The highest BCUT2D eigenvalue weighted by Gasteiger charge is 2.24. The molecule has 2 aromatic heterocycles. The van der Waals surface area contributed by atoms with Gasteiger partial charge >= 0.3 is 0 Å².